The van der Waals surface area contributed by atoms with Gasteiger partial charge in [0.15, 0.2) is 0 Å². The van der Waals surface area contributed by atoms with Crippen molar-refractivity contribution in [2.24, 2.45) is 23.2 Å². The number of rotatable bonds is 17. The van der Waals surface area contributed by atoms with Crippen LogP contribution in [-0.4, -0.2) is 47.7 Å². The maximum atomic E-state index is 6.60. The van der Waals surface area contributed by atoms with Gasteiger partial charge in [0.05, 0.1) is 30.0 Å². The van der Waals surface area contributed by atoms with Crippen LogP contribution in [0.3, 0.4) is 0 Å². The zero-order valence-corrected chi connectivity index (χ0v) is 30.1. The largest absolute Gasteiger partial charge is 0.380 e. The minimum atomic E-state index is -0.272. The van der Waals surface area contributed by atoms with E-state index in [0.29, 0.717) is 24.4 Å². The third-order valence-corrected chi connectivity index (χ3v) is 9.96. The predicted molar refractivity (Wildman–Crippen MR) is 179 cm³/mol. The van der Waals surface area contributed by atoms with E-state index >= 15 is 0 Å². The Bertz CT molecular complexity index is 908. The lowest BCUT2D eigenvalue weighted by atomic mass is 9.74. The van der Waals surface area contributed by atoms with Crippen LogP contribution >= 0.6 is 0 Å². The van der Waals surface area contributed by atoms with Gasteiger partial charge in [-0.1, -0.05) is 41.5 Å². The van der Waals surface area contributed by atoms with E-state index in [0.717, 1.165) is 31.0 Å². The highest BCUT2D eigenvalue weighted by Crippen LogP contribution is 2.38. The van der Waals surface area contributed by atoms with Gasteiger partial charge >= 0.3 is 0 Å². The van der Waals surface area contributed by atoms with Crippen LogP contribution in [0.25, 0.3) is 0 Å². The number of benzene rings is 1. The highest BCUT2D eigenvalue weighted by molar-refractivity contribution is 5.55. The highest BCUT2D eigenvalue weighted by Gasteiger charge is 2.39. The minimum Gasteiger partial charge on any atom is -0.380 e. The molecule has 0 saturated carbocycles. The fourth-order valence-electron chi connectivity index (χ4n) is 3.99. The molecule has 0 fully saturated rings. The Morgan fingerprint density at radius 1 is 0.585 bits per heavy atom. The molecule has 2 unspecified atom stereocenters. The molecule has 0 aliphatic rings. The van der Waals surface area contributed by atoms with E-state index in [2.05, 4.69) is 153 Å². The molecule has 240 valence electrons. The number of hydrogen-bond donors (Lipinski definition) is 2. The lowest BCUT2D eigenvalue weighted by Gasteiger charge is -2.44. The van der Waals surface area contributed by atoms with Crippen molar-refractivity contribution in [1.82, 2.24) is 0 Å². The molecule has 0 aliphatic heterocycles. The molecule has 1 aromatic carbocycles. The van der Waals surface area contributed by atoms with Crippen LogP contribution in [-0.2, 0) is 14.2 Å². The molecular weight excluding hydrogens is 508 g/mol. The van der Waals surface area contributed by atoms with Crippen LogP contribution in [0.5, 0.6) is 0 Å². The topological polar surface area (TPSA) is 51.8 Å². The lowest BCUT2D eigenvalue weighted by Crippen LogP contribution is -2.46. The third-order valence-electron chi connectivity index (χ3n) is 9.96. The summed E-state index contributed by atoms with van der Waals surface area (Å²) in [4.78, 5) is 0. The summed E-state index contributed by atoms with van der Waals surface area (Å²) in [6, 6.07) is 8.66. The normalized spacial score (nSPS) is 15.7. The van der Waals surface area contributed by atoms with Gasteiger partial charge in [-0.2, -0.15) is 0 Å². The molecule has 0 aromatic heterocycles. The Kier molecular flexibility index (Phi) is 12.9. The van der Waals surface area contributed by atoms with Gasteiger partial charge < -0.3 is 24.8 Å². The molecule has 0 saturated heterocycles. The summed E-state index contributed by atoms with van der Waals surface area (Å²) in [5, 5.41) is 7.49. The van der Waals surface area contributed by atoms with Gasteiger partial charge in [-0.05, 0) is 118 Å². The minimum absolute atomic E-state index is 0.0135. The average Bonchev–Trinajstić information content (AvgIpc) is 2.80. The van der Waals surface area contributed by atoms with E-state index in [4.69, 9.17) is 14.2 Å². The molecule has 0 amide bonds. The summed E-state index contributed by atoms with van der Waals surface area (Å²) >= 11 is 0. The van der Waals surface area contributed by atoms with E-state index in [-0.39, 0.29) is 33.3 Å². The molecule has 41 heavy (non-hydrogen) atoms. The van der Waals surface area contributed by atoms with Gasteiger partial charge in [-0.15, -0.1) is 0 Å². The van der Waals surface area contributed by atoms with Crippen LogP contribution in [0.2, 0.25) is 0 Å². The molecule has 0 spiro atoms. The van der Waals surface area contributed by atoms with Crippen molar-refractivity contribution in [3.63, 3.8) is 0 Å². The smallest absolute Gasteiger partial charge is 0.0678 e. The maximum Gasteiger partial charge on any atom is 0.0678 e. The van der Waals surface area contributed by atoms with Crippen molar-refractivity contribution < 1.29 is 14.2 Å². The number of anilines is 2. The average molecular weight is 577 g/mol. The van der Waals surface area contributed by atoms with Gasteiger partial charge in [0, 0.05) is 40.9 Å². The second-order valence-electron chi connectivity index (χ2n) is 16.6. The fraction of sp³-hybridized carbons (Fsp3) is 0.833. The first-order valence-electron chi connectivity index (χ1n) is 15.9. The first-order valence-corrected chi connectivity index (χ1v) is 15.9. The van der Waals surface area contributed by atoms with Gasteiger partial charge in [0.2, 0.25) is 0 Å². The molecule has 5 heteroatoms. The number of ether oxygens (including phenoxy) is 3. The van der Waals surface area contributed by atoms with Gasteiger partial charge in [-0.25, -0.2) is 0 Å². The van der Waals surface area contributed by atoms with Crippen LogP contribution in [0.4, 0.5) is 11.4 Å². The number of nitrogens with one attached hydrogen (secondary N) is 2. The van der Waals surface area contributed by atoms with E-state index < -0.39 is 0 Å². The molecule has 2 N–H and O–H groups in total. The van der Waals surface area contributed by atoms with E-state index in [1.54, 1.807) is 0 Å². The highest BCUT2D eigenvalue weighted by atomic mass is 16.5. The summed E-state index contributed by atoms with van der Waals surface area (Å²) in [5.41, 5.74) is 1.45. The summed E-state index contributed by atoms with van der Waals surface area (Å²) in [5.74, 6) is 1.12. The maximum absolute atomic E-state index is 6.60. The van der Waals surface area contributed by atoms with Crippen LogP contribution in [0, 0.1) is 23.2 Å². The standard InChI is InChI=1S/C36H68N2O3/c1-26(2)35(14,15)40-24-27(3)33(10,11)37-29-18-20-30(21-19-29)38-34(12,13)28(4)25-41-36(16,17)32(8,9)22-23-39-31(5,6)7/h18-21,26-28,37-38H,22-25H2,1-17H3. The molecule has 0 aliphatic carbocycles. The lowest BCUT2D eigenvalue weighted by molar-refractivity contribution is -0.125. The first-order chi connectivity index (χ1) is 18.3. The Morgan fingerprint density at radius 3 is 1.34 bits per heavy atom. The molecular formula is C36H68N2O3. The van der Waals surface area contributed by atoms with Crippen molar-refractivity contribution in [2.45, 2.75) is 152 Å². The summed E-state index contributed by atoms with van der Waals surface area (Å²) in [6.07, 6.45) is 0.951. The second kappa shape index (κ2) is 14.0. The van der Waals surface area contributed by atoms with Crippen molar-refractivity contribution in [2.75, 3.05) is 30.5 Å². The van der Waals surface area contributed by atoms with Crippen molar-refractivity contribution in [3.8, 4) is 0 Å². The SMILES string of the molecule is CC(COC(C)(C)C(C)C)C(C)(C)Nc1ccc(NC(C)(C)C(C)COC(C)(C)C(C)(C)CCOC(C)(C)C)cc1. The van der Waals surface area contributed by atoms with E-state index in [9.17, 15) is 0 Å². The Morgan fingerprint density at radius 2 is 0.976 bits per heavy atom. The van der Waals surface area contributed by atoms with E-state index in [1.807, 2.05) is 0 Å². The Labute approximate surface area is 255 Å². The predicted octanol–water partition coefficient (Wildman–Crippen LogP) is 9.82. The molecule has 5 nitrogen and oxygen atoms in total. The third kappa shape index (κ3) is 12.1. The Balaban J connectivity index is 2.73. The van der Waals surface area contributed by atoms with Gasteiger partial charge in [-0.3, -0.25) is 0 Å². The van der Waals surface area contributed by atoms with Crippen molar-refractivity contribution in [1.29, 1.82) is 0 Å². The monoisotopic (exact) mass is 577 g/mol. The molecule has 0 bridgehead atoms. The molecule has 0 heterocycles. The summed E-state index contributed by atoms with van der Waals surface area (Å²) < 4.78 is 18.9. The summed E-state index contributed by atoms with van der Waals surface area (Å²) in [7, 11) is 0. The zero-order valence-electron chi connectivity index (χ0n) is 30.1. The van der Waals surface area contributed by atoms with Gasteiger partial charge in [0.25, 0.3) is 0 Å². The van der Waals surface area contributed by atoms with Gasteiger partial charge in [0.1, 0.15) is 0 Å². The van der Waals surface area contributed by atoms with Crippen LogP contribution in [0.1, 0.15) is 124 Å². The Hall–Kier alpha value is -1.30. The first kappa shape index (κ1) is 37.7. The van der Waals surface area contributed by atoms with Crippen LogP contribution < -0.4 is 10.6 Å². The molecule has 1 aromatic rings. The molecule has 1 rings (SSSR count). The fourth-order valence-corrected chi connectivity index (χ4v) is 3.99. The number of hydrogen-bond acceptors (Lipinski definition) is 5. The zero-order chi connectivity index (χ0) is 32.1. The van der Waals surface area contributed by atoms with E-state index in [1.165, 1.54) is 0 Å². The van der Waals surface area contributed by atoms with Crippen molar-refractivity contribution in [3.05, 3.63) is 24.3 Å². The molecule has 0 radical (unpaired) electrons. The van der Waals surface area contributed by atoms with Crippen LogP contribution in [0.15, 0.2) is 24.3 Å². The quantitative estimate of drug-likeness (QED) is 0.193. The summed E-state index contributed by atoms with van der Waals surface area (Å²) in [6.45, 7) is 39.8. The van der Waals surface area contributed by atoms with Crippen molar-refractivity contribution >= 4 is 11.4 Å². The molecule has 2 atom stereocenters. The second-order valence-corrected chi connectivity index (χ2v) is 16.6.